The van der Waals surface area contributed by atoms with E-state index in [4.69, 9.17) is 27.9 Å². The van der Waals surface area contributed by atoms with Crippen molar-refractivity contribution in [1.82, 2.24) is 9.99 Å². The molecule has 0 saturated heterocycles. The Bertz CT molecular complexity index is 1060. The van der Waals surface area contributed by atoms with Crippen LogP contribution in [-0.2, 0) is 0 Å². The molecule has 0 spiro atoms. The molecule has 7 heteroatoms. The zero-order valence-corrected chi connectivity index (χ0v) is 17.2. The highest BCUT2D eigenvalue weighted by Crippen LogP contribution is 2.31. The van der Waals surface area contributed by atoms with Gasteiger partial charge in [-0.05, 0) is 44.2 Å². The number of carbonyl (C=O) groups excluding carboxylic acids is 1. The van der Waals surface area contributed by atoms with E-state index >= 15 is 0 Å². The summed E-state index contributed by atoms with van der Waals surface area (Å²) in [6.45, 7) is 3.92. The molecule has 1 N–H and O–H groups in total. The van der Waals surface area contributed by atoms with Crippen LogP contribution in [0.25, 0.3) is 5.69 Å². The minimum Gasteiger partial charge on any atom is -0.496 e. The van der Waals surface area contributed by atoms with Gasteiger partial charge >= 0.3 is 0 Å². The monoisotopic (exact) mass is 415 g/mol. The van der Waals surface area contributed by atoms with Gasteiger partial charge < -0.3 is 9.30 Å². The average molecular weight is 416 g/mol. The van der Waals surface area contributed by atoms with Crippen LogP contribution in [0, 0.1) is 13.8 Å². The molecule has 1 heterocycles. The van der Waals surface area contributed by atoms with Gasteiger partial charge in [0.2, 0.25) is 0 Å². The SMILES string of the molecule is COc1ccccc1C(=O)N/N=C\c1cc(C)n(-c2cccc(Cl)c2Cl)c1C. The molecular formula is C21H19Cl2N3O2. The third kappa shape index (κ3) is 3.91. The van der Waals surface area contributed by atoms with Gasteiger partial charge in [-0.2, -0.15) is 5.10 Å². The third-order valence-corrected chi connectivity index (χ3v) is 5.17. The molecule has 28 heavy (non-hydrogen) atoms. The fraction of sp³-hybridized carbons (Fsp3) is 0.143. The Labute approximate surface area is 173 Å². The maximum atomic E-state index is 12.3. The molecule has 5 nitrogen and oxygen atoms in total. The molecule has 2 aromatic carbocycles. The molecule has 1 amide bonds. The summed E-state index contributed by atoms with van der Waals surface area (Å²) in [5, 5.41) is 5.07. The summed E-state index contributed by atoms with van der Waals surface area (Å²) in [6, 6.07) is 14.4. The molecule has 0 fully saturated rings. The van der Waals surface area contributed by atoms with Gasteiger partial charge in [-0.15, -0.1) is 0 Å². The zero-order chi connectivity index (χ0) is 20.3. The number of ether oxygens (including phenoxy) is 1. The van der Waals surface area contributed by atoms with E-state index in [2.05, 4.69) is 10.5 Å². The predicted molar refractivity (Wildman–Crippen MR) is 113 cm³/mol. The molecule has 3 rings (SSSR count). The Kier molecular flexibility index (Phi) is 6.07. The summed E-state index contributed by atoms with van der Waals surface area (Å²) in [7, 11) is 1.52. The second kappa shape index (κ2) is 8.50. The lowest BCUT2D eigenvalue weighted by Gasteiger charge is -2.12. The Morgan fingerprint density at radius 2 is 1.89 bits per heavy atom. The van der Waals surface area contributed by atoms with Crippen molar-refractivity contribution in [2.75, 3.05) is 7.11 Å². The first-order valence-corrected chi connectivity index (χ1v) is 9.29. The van der Waals surface area contributed by atoms with Crippen molar-refractivity contribution in [3.8, 4) is 11.4 Å². The first kappa shape index (κ1) is 20.0. The third-order valence-electron chi connectivity index (χ3n) is 4.36. The molecular weight excluding hydrogens is 397 g/mol. The number of amides is 1. The van der Waals surface area contributed by atoms with Gasteiger partial charge in [0, 0.05) is 17.0 Å². The van der Waals surface area contributed by atoms with Crippen LogP contribution < -0.4 is 10.2 Å². The van der Waals surface area contributed by atoms with Crippen LogP contribution in [0.1, 0.15) is 27.3 Å². The lowest BCUT2D eigenvalue weighted by molar-refractivity contribution is 0.0952. The van der Waals surface area contributed by atoms with Crippen LogP contribution in [0.5, 0.6) is 5.75 Å². The average Bonchev–Trinajstić information content (AvgIpc) is 2.97. The second-order valence-electron chi connectivity index (χ2n) is 6.13. The lowest BCUT2D eigenvalue weighted by atomic mass is 10.2. The highest BCUT2D eigenvalue weighted by molar-refractivity contribution is 6.43. The van der Waals surface area contributed by atoms with Crippen molar-refractivity contribution in [2.24, 2.45) is 5.10 Å². The maximum Gasteiger partial charge on any atom is 0.275 e. The number of hydrogen-bond donors (Lipinski definition) is 1. The molecule has 0 atom stereocenters. The predicted octanol–water partition coefficient (Wildman–Crippen LogP) is 5.17. The molecule has 0 unspecified atom stereocenters. The van der Waals surface area contributed by atoms with Crippen molar-refractivity contribution in [3.63, 3.8) is 0 Å². The van der Waals surface area contributed by atoms with Crippen LogP contribution in [0.3, 0.4) is 0 Å². The Morgan fingerprint density at radius 3 is 2.64 bits per heavy atom. The number of methoxy groups -OCH3 is 1. The standard InChI is InChI=1S/C21H19Cl2N3O2/c1-13-11-15(14(2)26(13)18-9-6-8-17(22)20(18)23)12-24-25-21(27)16-7-4-5-10-19(16)28-3/h4-12H,1-3H3,(H,25,27)/b24-12-. The number of hydrogen-bond acceptors (Lipinski definition) is 3. The quantitative estimate of drug-likeness (QED) is 0.461. The van der Waals surface area contributed by atoms with Crippen molar-refractivity contribution in [2.45, 2.75) is 13.8 Å². The van der Waals surface area contributed by atoms with Crippen molar-refractivity contribution >= 4 is 35.3 Å². The highest BCUT2D eigenvalue weighted by atomic mass is 35.5. The molecule has 0 radical (unpaired) electrons. The normalized spacial score (nSPS) is 11.0. The summed E-state index contributed by atoms with van der Waals surface area (Å²) in [4.78, 5) is 12.3. The molecule has 1 aromatic heterocycles. The summed E-state index contributed by atoms with van der Waals surface area (Å²) < 4.78 is 7.20. The van der Waals surface area contributed by atoms with Crippen LogP contribution in [0.2, 0.25) is 10.0 Å². The van der Waals surface area contributed by atoms with Crippen molar-refractivity contribution in [3.05, 3.63) is 81.1 Å². The lowest BCUT2D eigenvalue weighted by Crippen LogP contribution is -2.18. The summed E-state index contributed by atoms with van der Waals surface area (Å²) in [5.41, 5.74) is 6.50. The maximum absolute atomic E-state index is 12.3. The topological polar surface area (TPSA) is 55.6 Å². The second-order valence-corrected chi connectivity index (χ2v) is 6.92. The van der Waals surface area contributed by atoms with E-state index in [0.29, 0.717) is 21.4 Å². The van der Waals surface area contributed by atoms with Crippen LogP contribution in [0.15, 0.2) is 53.6 Å². The van der Waals surface area contributed by atoms with E-state index in [1.54, 1.807) is 36.5 Å². The molecule has 0 aliphatic carbocycles. The van der Waals surface area contributed by atoms with E-state index in [1.807, 2.05) is 36.6 Å². The van der Waals surface area contributed by atoms with Gasteiger partial charge in [-0.3, -0.25) is 4.79 Å². The number of hydrazone groups is 1. The number of carbonyl (C=O) groups is 1. The minimum absolute atomic E-state index is 0.347. The molecule has 0 bridgehead atoms. The van der Waals surface area contributed by atoms with E-state index in [9.17, 15) is 4.79 Å². The van der Waals surface area contributed by atoms with E-state index < -0.39 is 0 Å². The Balaban J connectivity index is 1.84. The van der Waals surface area contributed by atoms with Gasteiger partial charge in [0.1, 0.15) is 5.75 Å². The van der Waals surface area contributed by atoms with Gasteiger partial charge in [-0.1, -0.05) is 41.4 Å². The number of nitrogens with one attached hydrogen (secondary N) is 1. The van der Waals surface area contributed by atoms with E-state index in [-0.39, 0.29) is 5.91 Å². The summed E-state index contributed by atoms with van der Waals surface area (Å²) in [6.07, 6.45) is 1.60. The Hall–Kier alpha value is -2.76. The van der Waals surface area contributed by atoms with Crippen molar-refractivity contribution in [1.29, 1.82) is 0 Å². The number of halogens is 2. The van der Waals surface area contributed by atoms with Crippen LogP contribution in [-0.4, -0.2) is 23.8 Å². The fourth-order valence-corrected chi connectivity index (χ4v) is 3.39. The fourth-order valence-electron chi connectivity index (χ4n) is 3.01. The summed E-state index contributed by atoms with van der Waals surface area (Å²) in [5.74, 6) is 0.143. The van der Waals surface area contributed by atoms with Crippen LogP contribution >= 0.6 is 23.2 Å². The van der Waals surface area contributed by atoms with Gasteiger partial charge in [0.05, 0.1) is 34.6 Å². The summed E-state index contributed by atoms with van der Waals surface area (Å²) >= 11 is 12.5. The number of rotatable bonds is 5. The largest absolute Gasteiger partial charge is 0.496 e. The van der Waals surface area contributed by atoms with Crippen LogP contribution in [0.4, 0.5) is 0 Å². The van der Waals surface area contributed by atoms with E-state index in [1.165, 1.54) is 7.11 Å². The van der Waals surface area contributed by atoms with Crippen molar-refractivity contribution < 1.29 is 9.53 Å². The number of para-hydroxylation sites is 1. The number of nitrogens with zero attached hydrogens (tertiary/aromatic N) is 2. The minimum atomic E-state index is -0.347. The molecule has 0 aliphatic heterocycles. The smallest absolute Gasteiger partial charge is 0.275 e. The highest BCUT2D eigenvalue weighted by Gasteiger charge is 2.14. The number of aromatic nitrogens is 1. The number of benzene rings is 2. The molecule has 144 valence electrons. The Morgan fingerprint density at radius 1 is 1.14 bits per heavy atom. The first-order chi connectivity index (χ1) is 13.4. The van der Waals surface area contributed by atoms with Gasteiger partial charge in [0.15, 0.2) is 0 Å². The van der Waals surface area contributed by atoms with Gasteiger partial charge in [-0.25, -0.2) is 5.43 Å². The molecule has 3 aromatic rings. The molecule has 0 saturated carbocycles. The molecule has 0 aliphatic rings. The zero-order valence-electron chi connectivity index (χ0n) is 15.7. The van der Waals surface area contributed by atoms with E-state index in [0.717, 1.165) is 22.6 Å². The first-order valence-electron chi connectivity index (χ1n) is 8.53. The van der Waals surface area contributed by atoms with Gasteiger partial charge in [0.25, 0.3) is 5.91 Å². The number of aryl methyl sites for hydroxylation is 1.